The summed E-state index contributed by atoms with van der Waals surface area (Å²) in [5.74, 6) is 3.17. The third-order valence-corrected chi connectivity index (χ3v) is 4.48. The summed E-state index contributed by atoms with van der Waals surface area (Å²) in [6, 6.07) is 7.30. The molecule has 8 nitrogen and oxygen atoms in total. The molecule has 0 radical (unpaired) electrons. The summed E-state index contributed by atoms with van der Waals surface area (Å²) < 4.78 is 13.0. The smallest absolute Gasteiger partial charge is 0.260 e. The number of amides is 1. The number of hydrogen-bond acceptors (Lipinski definition) is 6. The fraction of sp³-hybridized carbons (Fsp3) is 0.500. The number of aryl methyl sites for hydroxylation is 1. The van der Waals surface area contributed by atoms with Gasteiger partial charge in [0.1, 0.15) is 17.3 Å². The van der Waals surface area contributed by atoms with E-state index in [1.165, 1.54) is 0 Å². The van der Waals surface area contributed by atoms with Crippen LogP contribution in [0.1, 0.15) is 12.7 Å². The molecule has 1 amide bonds. The molecule has 0 spiro atoms. The highest BCUT2D eigenvalue weighted by Gasteiger charge is 2.24. The predicted octanol–water partition coefficient (Wildman–Crippen LogP) is 1.25. The summed E-state index contributed by atoms with van der Waals surface area (Å²) in [6.07, 6.45) is 0. The van der Waals surface area contributed by atoms with Crippen LogP contribution in [0.4, 0.5) is 5.95 Å². The summed E-state index contributed by atoms with van der Waals surface area (Å²) in [7, 11) is 1.95. The van der Waals surface area contributed by atoms with Crippen molar-refractivity contribution in [2.75, 3.05) is 44.3 Å². The van der Waals surface area contributed by atoms with Crippen LogP contribution in [0.3, 0.4) is 0 Å². The standard InChI is InChI=1S/C18H25N5O3/c1-4-25-15-5-7-16(8-6-15)26-13-17(24)22-9-11-23(12-10-22)18-20-19-14(2)21(18)3/h5-8H,4,9-13H2,1-3H3. The summed E-state index contributed by atoms with van der Waals surface area (Å²) in [4.78, 5) is 16.4. The van der Waals surface area contributed by atoms with Gasteiger partial charge in [-0.3, -0.25) is 4.79 Å². The quantitative estimate of drug-likeness (QED) is 0.773. The lowest BCUT2D eigenvalue weighted by atomic mass is 10.3. The Kier molecular flexibility index (Phi) is 5.60. The van der Waals surface area contributed by atoms with Gasteiger partial charge in [0.25, 0.3) is 5.91 Å². The van der Waals surface area contributed by atoms with E-state index in [1.54, 1.807) is 0 Å². The fourth-order valence-corrected chi connectivity index (χ4v) is 2.86. The summed E-state index contributed by atoms with van der Waals surface area (Å²) >= 11 is 0. The minimum Gasteiger partial charge on any atom is -0.494 e. The highest BCUT2D eigenvalue weighted by molar-refractivity contribution is 5.78. The van der Waals surface area contributed by atoms with Gasteiger partial charge in [-0.25, -0.2) is 0 Å². The van der Waals surface area contributed by atoms with E-state index in [4.69, 9.17) is 9.47 Å². The van der Waals surface area contributed by atoms with Gasteiger partial charge in [-0.2, -0.15) is 0 Å². The van der Waals surface area contributed by atoms with Gasteiger partial charge >= 0.3 is 0 Å². The molecule has 1 aromatic heterocycles. The molecule has 0 saturated carbocycles. The first-order chi connectivity index (χ1) is 12.6. The fourth-order valence-electron chi connectivity index (χ4n) is 2.86. The highest BCUT2D eigenvalue weighted by Crippen LogP contribution is 2.18. The zero-order chi connectivity index (χ0) is 18.5. The van der Waals surface area contributed by atoms with Crippen molar-refractivity contribution in [2.24, 2.45) is 7.05 Å². The van der Waals surface area contributed by atoms with Gasteiger partial charge in [0, 0.05) is 33.2 Å². The van der Waals surface area contributed by atoms with E-state index < -0.39 is 0 Å². The van der Waals surface area contributed by atoms with Crippen LogP contribution in [0.5, 0.6) is 11.5 Å². The number of nitrogens with zero attached hydrogens (tertiary/aromatic N) is 5. The zero-order valence-electron chi connectivity index (χ0n) is 15.5. The van der Waals surface area contributed by atoms with Gasteiger partial charge in [0.2, 0.25) is 5.95 Å². The topological polar surface area (TPSA) is 72.7 Å². The molecule has 2 aromatic rings. The molecule has 1 aliphatic heterocycles. The van der Waals surface area contributed by atoms with Crippen molar-refractivity contribution in [1.29, 1.82) is 0 Å². The van der Waals surface area contributed by atoms with Crippen molar-refractivity contribution >= 4 is 11.9 Å². The van der Waals surface area contributed by atoms with Gasteiger partial charge in [0.15, 0.2) is 6.61 Å². The van der Waals surface area contributed by atoms with E-state index in [0.29, 0.717) is 25.4 Å². The van der Waals surface area contributed by atoms with E-state index in [1.807, 2.05) is 54.6 Å². The average Bonchev–Trinajstić information content (AvgIpc) is 3.00. The molecule has 140 valence electrons. The van der Waals surface area contributed by atoms with Crippen molar-refractivity contribution < 1.29 is 14.3 Å². The number of carbonyl (C=O) groups excluding carboxylic acids is 1. The van der Waals surface area contributed by atoms with Gasteiger partial charge in [0.05, 0.1) is 6.61 Å². The number of piperazine rings is 1. The Labute approximate surface area is 153 Å². The lowest BCUT2D eigenvalue weighted by Gasteiger charge is -2.34. The maximum absolute atomic E-state index is 12.4. The lowest BCUT2D eigenvalue weighted by Crippen LogP contribution is -2.50. The molecule has 0 aliphatic carbocycles. The molecule has 1 aliphatic rings. The van der Waals surface area contributed by atoms with Gasteiger partial charge in [-0.15, -0.1) is 10.2 Å². The van der Waals surface area contributed by atoms with Crippen molar-refractivity contribution in [2.45, 2.75) is 13.8 Å². The van der Waals surface area contributed by atoms with Crippen molar-refractivity contribution in [3.63, 3.8) is 0 Å². The molecule has 2 heterocycles. The van der Waals surface area contributed by atoms with Crippen molar-refractivity contribution in [3.05, 3.63) is 30.1 Å². The predicted molar refractivity (Wildman–Crippen MR) is 97.6 cm³/mol. The van der Waals surface area contributed by atoms with Gasteiger partial charge in [-0.05, 0) is 38.1 Å². The average molecular weight is 359 g/mol. The first-order valence-corrected chi connectivity index (χ1v) is 8.83. The molecule has 1 aromatic carbocycles. The Balaban J connectivity index is 1.47. The number of benzene rings is 1. The Morgan fingerprint density at radius 3 is 2.19 bits per heavy atom. The zero-order valence-corrected chi connectivity index (χ0v) is 15.5. The molecule has 1 saturated heterocycles. The van der Waals surface area contributed by atoms with Crippen LogP contribution in [0.25, 0.3) is 0 Å². The number of ether oxygens (including phenoxy) is 2. The normalized spacial score (nSPS) is 14.4. The van der Waals surface area contributed by atoms with E-state index >= 15 is 0 Å². The van der Waals surface area contributed by atoms with Gasteiger partial charge < -0.3 is 23.8 Å². The van der Waals surface area contributed by atoms with E-state index in [-0.39, 0.29) is 12.5 Å². The molecule has 1 fully saturated rings. The molecule has 0 unspecified atom stereocenters. The van der Waals surface area contributed by atoms with Crippen LogP contribution in [0.15, 0.2) is 24.3 Å². The number of rotatable bonds is 6. The Morgan fingerprint density at radius 1 is 1.04 bits per heavy atom. The molecular formula is C18H25N5O3. The van der Waals surface area contributed by atoms with Crippen LogP contribution in [-0.2, 0) is 11.8 Å². The molecule has 0 bridgehead atoms. The minimum atomic E-state index is -0.00678. The van der Waals surface area contributed by atoms with E-state index in [0.717, 1.165) is 30.6 Å². The lowest BCUT2D eigenvalue weighted by molar-refractivity contribution is -0.133. The number of aromatic nitrogens is 3. The second-order valence-corrected chi connectivity index (χ2v) is 6.17. The number of carbonyl (C=O) groups is 1. The second-order valence-electron chi connectivity index (χ2n) is 6.17. The number of hydrogen-bond donors (Lipinski definition) is 0. The Morgan fingerprint density at radius 2 is 1.65 bits per heavy atom. The summed E-state index contributed by atoms with van der Waals surface area (Å²) in [6.45, 7) is 7.30. The maximum atomic E-state index is 12.4. The Hall–Kier alpha value is -2.77. The monoisotopic (exact) mass is 359 g/mol. The first kappa shape index (κ1) is 18.0. The molecule has 0 N–H and O–H groups in total. The van der Waals surface area contributed by atoms with Crippen molar-refractivity contribution in [3.8, 4) is 11.5 Å². The summed E-state index contributed by atoms with van der Waals surface area (Å²) in [5.41, 5.74) is 0. The largest absolute Gasteiger partial charge is 0.494 e. The molecule has 26 heavy (non-hydrogen) atoms. The van der Waals surface area contributed by atoms with Crippen molar-refractivity contribution in [1.82, 2.24) is 19.7 Å². The minimum absolute atomic E-state index is 0.00678. The third kappa shape index (κ3) is 4.07. The van der Waals surface area contributed by atoms with Crippen LogP contribution in [-0.4, -0.2) is 65.0 Å². The first-order valence-electron chi connectivity index (χ1n) is 8.83. The SMILES string of the molecule is CCOc1ccc(OCC(=O)N2CCN(c3nnc(C)n3C)CC2)cc1. The second kappa shape index (κ2) is 8.07. The molecule has 0 atom stereocenters. The summed E-state index contributed by atoms with van der Waals surface area (Å²) in [5, 5.41) is 8.29. The maximum Gasteiger partial charge on any atom is 0.260 e. The van der Waals surface area contributed by atoms with Crippen LogP contribution in [0, 0.1) is 6.92 Å². The van der Waals surface area contributed by atoms with E-state index in [2.05, 4.69) is 15.1 Å². The highest BCUT2D eigenvalue weighted by atomic mass is 16.5. The van der Waals surface area contributed by atoms with Crippen LogP contribution >= 0.6 is 0 Å². The molecule has 8 heteroatoms. The van der Waals surface area contributed by atoms with E-state index in [9.17, 15) is 4.79 Å². The Bertz CT molecular complexity index is 736. The number of anilines is 1. The third-order valence-electron chi connectivity index (χ3n) is 4.48. The van der Waals surface area contributed by atoms with Crippen LogP contribution in [0.2, 0.25) is 0 Å². The molecule has 3 rings (SSSR count). The van der Waals surface area contributed by atoms with Crippen LogP contribution < -0.4 is 14.4 Å². The molecular weight excluding hydrogens is 334 g/mol. The van der Waals surface area contributed by atoms with Gasteiger partial charge in [-0.1, -0.05) is 0 Å².